The molecule has 2 atom stereocenters. The average Bonchev–Trinajstić information content (AvgIpc) is 2.80. The van der Waals surface area contributed by atoms with E-state index in [-0.39, 0.29) is 0 Å². The van der Waals surface area contributed by atoms with E-state index in [1.54, 1.807) is 6.07 Å². The molecule has 0 aromatic carbocycles. The molecule has 0 spiro atoms. The quantitative estimate of drug-likeness (QED) is 0.698. The molecule has 0 N–H and O–H groups in total. The van der Waals surface area contributed by atoms with Crippen LogP contribution in [-0.2, 0) is 4.74 Å². The highest BCUT2D eigenvalue weighted by atomic mass is 35.5. The molecule has 2 aliphatic rings. The summed E-state index contributed by atoms with van der Waals surface area (Å²) in [7, 11) is 0. The van der Waals surface area contributed by atoms with Gasteiger partial charge in [-0.15, -0.1) is 10.2 Å². The van der Waals surface area contributed by atoms with Crippen molar-refractivity contribution in [1.29, 1.82) is 0 Å². The number of rotatable bonds is 1. The smallest absolute Gasteiger partial charge is 0.151 e. The molecule has 3 rings (SSSR count). The lowest BCUT2D eigenvalue weighted by atomic mass is 10.2. The highest BCUT2D eigenvalue weighted by Gasteiger charge is 2.39. The molecule has 0 aliphatic carbocycles. The van der Waals surface area contributed by atoms with Crippen molar-refractivity contribution in [3.63, 3.8) is 0 Å². The van der Waals surface area contributed by atoms with Crippen molar-refractivity contribution in [3.05, 3.63) is 17.3 Å². The lowest BCUT2D eigenvalue weighted by molar-refractivity contribution is 0.0988. The summed E-state index contributed by atoms with van der Waals surface area (Å²) in [6, 6.07) is 4.17. The van der Waals surface area contributed by atoms with Gasteiger partial charge in [-0.3, -0.25) is 0 Å². The molecule has 74 valence electrons. The minimum Gasteiger partial charge on any atom is -0.374 e. The summed E-state index contributed by atoms with van der Waals surface area (Å²) in [5.41, 5.74) is 0. The number of halogens is 1. The Bertz CT molecular complexity index is 342. The van der Waals surface area contributed by atoms with Crippen LogP contribution < -0.4 is 4.90 Å². The van der Waals surface area contributed by atoms with Gasteiger partial charge in [-0.2, -0.15) is 0 Å². The van der Waals surface area contributed by atoms with Crippen LogP contribution in [-0.4, -0.2) is 35.5 Å². The van der Waals surface area contributed by atoms with Gasteiger partial charge in [0.1, 0.15) is 0 Å². The number of aromatic nitrogens is 2. The van der Waals surface area contributed by atoms with E-state index in [1.807, 2.05) is 6.07 Å². The van der Waals surface area contributed by atoms with Crippen molar-refractivity contribution in [3.8, 4) is 0 Å². The van der Waals surface area contributed by atoms with Crippen LogP contribution in [0.4, 0.5) is 5.82 Å². The Morgan fingerprint density at radius 1 is 1.43 bits per heavy atom. The molecule has 0 amide bonds. The van der Waals surface area contributed by atoms with Gasteiger partial charge in [-0.05, 0) is 18.6 Å². The van der Waals surface area contributed by atoms with E-state index in [9.17, 15) is 0 Å². The van der Waals surface area contributed by atoms with Gasteiger partial charge in [0, 0.05) is 6.54 Å². The number of nitrogens with zero attached hydrogens (tertiary/aromatic N) is 3. The van der Waals surface area contributed by atoms with E-state index < -0.39 is 0 Å². The zero-order valence-corrected chi connectivity index (χ0v) is 8.31. The molecule has 0 radical (unpaired) electrons. The van der Waals surface area contributed by atoms with Gasteiger partial charge in [-0.1, -0.05) is 11.6 Å². The summed E-state index contributed by atoms with van der Waals surface area (Å²) in [6.07, 6.45) is 1.50. The third-order valence-corrected chi connectivity index (χ3v) is 3.01. The largest absolute Gasteiger partial charge is 0.374 e. The fourth-order valence-corrected chi connectivity index (χ4v) is 2.24. The first-order chi connectivity index (χ1) is 6.83. The summed E-state index contributed by atoms with van der Waals surface area (Å²) < 4.78 is 5.51. The monoisotopic (exact) mass is 211 g/mol. The first-order valence-corrected chi connectivity index (χ1v) is 5.08. The van der Waals surface area contributed by atoms with Gasteiger partial charge in [0.2, 0.25) is 0 Å². The van der Waals surface area contributed by atoms with Crippen molar-refractivity contribution in [1.82, 2.24) is 10.2 Å². The van der Waals surface area contributed by atoms with E-state index in [0.717, 1.165) is 25.4 Å². The minimum atomic E-state index is 0.387. The van der Waals surface area contributed by atoms with Crippen molar-refractivity contribution >= 4 is 17.4 Å². The Kier molecular flexibility index (Phi) is 1.85. The highest BCUT2D eigenvalue weighted by molar-refractivity contribution is 6.29. The standard InChI is InChI=1S/C9H10ClN3O/c10-8-1-2-9(12-11-8)13-4-7-3-6(13)5-14-7/h1-2,6-7H,3-5H2/t6-,7-/m0/s1. The van der Waals surface area contributed by atoms with Crippen LogP contribution in [0.3, 0.4) is 0 Å². The lowest BCUT2D eigenvalue weighted by Crippen LogP contribution is -2.37. The first-order valence-electron chi connectivity index (χ1n) is 4.70. The topological polar surface area (TPSA) is 38.2 Å². The molecule has 5 heteroatoms. The van der Waals surface area contributed by atoms with Crippen molar-refractivity contribution in [2.45, 2.75) is 18.6 Å². The second-order valence-electron chi connectivity index (χ2n) is 3.71. The summed E-state index contributed by atoms with van der Waals surface area (Å²) >= 11 is 5.68. The van der Waals surface area contributed by atoms with E-state index >= 15 is 0 Å². The van der Waals surface area contributed by atoms with Gasteiger partial charge < -0.3 is 9.64 Å². The van der Waals surface area contributed by atoms with Crippen LogP contribution in [0.15, 0.2) is 12.1 Å². The summed E-state index contributed by atoms with van der Waals surface area (Å²) in [4.78, 5) is 2.25. The zero-order chi connectivity index (χ0) is 9.54. The number of morpholine rings is 1. The minimum absolute atomic E-state index is 0.387. The molecule has 3 heterocycles. The maximum Gasteiger partial charge on any atom is 0.151 e. The van der Waals surface area contributed by atoms with E-state index in [0.29, 0.717) is 17.3 Å². The predicted molar refractivity (Wildman–Crippen MR) is 52.5 cm³/mol. The summed E-state index contributed by atoms with van der Waals surface area (Å²) in [5, 5.41) is 8.35. The van der Waals surface area contributed by atoms with Crippen LogP contribution in [0, 0.1) is 0 Å². The number of ether oxygens (including phenoxy) is 1. The summed E-state index contributed by atoms with van der Waals surface area (Å²) in [5.74, 6) is 0.908. The first kappa shape index (κ1) is 8.44. The third-order valence-electron chi connectivity index (χ3n) is 2.81. The van der Waals surface area contributed by atoms with Gasteiger partial charge in [-0.25, -0.2) is 0 Å². The Hall–Kier alpha value is -0.870. The molecule has 0 saturated carbocycles. The molecule has 2 fully saturated rings. The molecule has 0 unspecified atom stereocenters. The molecule has 14 heavy (non-hydrogen) atoms. The van der Waals surface area contributed by atoms with E-state index in [1.165, 1.54) is 0 Å². The Labute approximate surface area is 86.8 Å². The fraction of sp³-hybridized carbons (Fsp3) is 0.556. The number of hydrogen-bond donors (Lipinski definition) is 0. The molecule has 2 aliphatic heterocycles. The second kappa shape index (κ2) is 3.07. The predicted octanol–water partition coefficient (Wildman–Crippen LogP) is 1.11. The third kappa shape index (κ3) is 1.26. The molecule has 1 aromatic heterocycles. The molecule has 2 saturated heterocycles. The molecular weight excluding hydrogens is 202 g/mol. The molecule has 4 nitrogen and oxygen atoms in total. The van der Waals surface area contributed by atoms with Crippen LogP contribution >= 0.6 is 11.6 Å². The van der Waals surface area contributed by atoms with Crippen molar-refractivity contribution < 1.29 is 4.74 Å². The molecule has 1 aromatic rings. The van der Waals surface area contributed by atoms with E-state index in [2.05, 4.69) is 15.1 Å². The van der Waals surface area contributed by atoms with Crippen LogP contribution in [0.25, 0.3) is 0 Å². The fourth-order valence-electron chi connectivity index (χ4n) is 2.14. The number of fused-ring (bicyclic) bond motifs is 2. The maximum absolute atomic E-state index is 5.68. The second-order valence-corrected chi connectivity index (χ2v) is 4.10. The van der Waals surface area contributed by atoms with Gasteiger partial charge in [0.25, 0.3) is 0 Å². The Morgan fingerprint density at radius 2 is 2.36 bits per heavy atom. The van der Waals surface area contributed by atoms with E-state index in [4.69, 9.17) is 16.3 Å². The molecular formula is C9H10ClN3O. The summed E-state index contributed by atoms with van der Waals surface area (Å²) in [6.45, 7) is 1.75. The highest BCUT2D eigenvalue weighted by Crippen LogP contribution is 2.31. The van der Waals surface area contributed by atoms with Gasteiger partial charge in [0.05, 0.1) is 18.8 Å². The normalized spacial score (nSPS) is 29.9. The van der Waals surface area contributed by atoms with Crippen LogP contribution in [0.2, 0.25) is 5.15 Å². The SMILES string of the molecule is Clc1ccc(N2C[C@@H]3C[C@H]2CO3)nn1. The van der Waals surface area contributed by atoms with Crippen LogP contribution in [0.5, 0.6) is 0 Å². The van der Waals surface area contributed by atoms with Gasteiger partial charge in [0.15, 0.2) is 11.0 Å². The lowest BCUT2D eigenvalue weighted by Gasteiger charge is -2.27. The van der Waals surface area contributed by atoms with Crippen molar-refractivity contribution in [2.24, 2.45) is 0 Å². The van der Waals surface area contributed by atoms with Gasteiger partial charge >= 0.3 is 0 Å². The number of anilines is 1. The van der Waals surface area contributed by atoms with Crippen LogP contribution in [0.1, 0.15) is 6.42 Å². The Morgan fingerprint density at radius 3 is 2.93 bits per heavy atom. The number of hydrogen-bond acceptors (Lipinski definition) is 4. The maximum atomic E-state index is 5.68. The zero-order valence-electron chi connectivity index (χ0n) is 7.56. The Balaban J connectivity index is 1.86. The average molecular weight is 212 g/mol. The molecule has 2 bridgehead atoms. The van der Waals surface area contributed by atoms with Crippen molar-refractivity contribution in [2.75, 3.05) is 18.1 Å².